The van der Waals surface area contributed by atoms with Gasteiger partial charge >= 0.3 is 0 Å². The molecule has 3 aromatic carbocycles. The van der Waals surface area contributed by atoms with Crippen molar-refractivity contribution in [2.75, 3.05) is 27.3 Å². The number of methoxy groups -OCH3 is 2. The van der Waals surface area contributed by atoms with Crippen molar-refractivity contribution in [1.29, 1.82) is 0 Å². The summed E-state index contributed by atoms with van der Waals surface area (Å²) in [4.78, 5) is 20.0. The van der Waals surface area contributed by atoms with Crippen LogP contribution in [0.15, 0.2) is 67.0 Å². The molecule has 4 rings (SSSR count). The van der Waals surface area contributed by atoms with E-state index in [9.17, 15) is 4.79 Å². The molecule has 1 amide bonds. The highest BCUT2D eigenvalue weighted by Gasteiger charge is 2.16. The van der Waals surface area contributed by atoms with Gasteiger partial charge in [-0.2, -0.15) is 0 Å². The van der Waals surface area contributed by atoms with Crippen molar-refractivity contribution in [3.63, 3.8) is 0 Å². The number of amides is 1. The Hall–Kier alpha value is -4.17. The van der Waals surface area contributed by atoms with E-state index in [0.717, 1.165) is 27.6 Å². The molecule has 4 aromatic rings. The zero-order valence-corrected chi connectivity index (χ0v) is 20.0. The molecule has 0 radical (unpaired) electrons. The molecule has 0 aliphatic carbocycles. The highest BCUT2D eigenvalue weighted by molar-refractivity contribution is 5.96. The maximum Gasteiger partial charge on any atom is 0.230 e. The van der Waals surface area contributed by atoms with Crippen molar-refractivity contribution in [3.8, 4) is 34.3 Å². The largest absolute Gasteiger partial charge is 0.496 e. The summed E-state index contributed by atoms with van der Waals surface area (Å²) in [6, 6.07) is 19.7. The summed E-state index contributed by atoms with van der Waals surface area (Å²) in [6.45, 7) is 3.14. The standard InChI is InChI=1S/C27H28N4O4/c1-18(32)29-13-12-28-16-23-24(33-2)14-20(15-25(23)34-3)35-27-22-11-7-10-21(26(22)30-17-31-27)19-8-5-4-6-9-19/h4-11,14-15,17,28H,12-13,16H2,1-3H3,(H,29,32). The van der Waals surface area contributed by atoms with Gasteiger partial charge in [-0.05, 0) is 11.6 Å². The summed E-state index contributed by atoms with van der Waals surface area (Å²) in [5, 5.41) is 6.85. The van der Waals surface area contributed by atoms with Gasteiger partial charge in [0.2, 0.25) is 11.8 Å². The molecule has 0 unspecified atom stereocenters. The lowest BCUT2D eigenvalue weighted by atomic mass is 10.0. The molecule has 8 nitrogen and oxygen atoms in total. The number of ether oxygens (including phenoxy) is 3. The first-order valence-corrected chi connectivity index (χ1v) is 11.3. The van der Waals surface area contributed by atoms with E-state index in [1.165, 1.54) is 13.3 Å². The third kappa shape index (κ3) is 5.67. The van der Waals surface area contributed by atoms with Crippen molar-refractivity contribution in [2.45, 2.75) is 13.5 Å². The first-order chi connectivity index (χ1) is 17.1. The Morgan fingerprint density at radius 1 is 0.914 bits per heavy atom. The van der Waals surface area contributed by atoms with E-state index in [1.54, 1.807) is 14.2 Å². The van der Waals surface area contributed by atoms with Crippen LogP contribution in [0.2, 0.25) is 0 Å². The number of rotatable bonds is 10. The van der Waals surface area contributed by atoms with Gasteiger partial charge in [0.05, 0.1) is 30.7 Å². The second-order valence-electron chi connectivity index (χ2n) is 7.81. The predicted octanol–water partition coefficient (Wildman–Crippen LogP) is 4.33. The SMILES string of the molecule is COc1cc(Oc2ncnc3c(-c4ccccc4)cccc23)cc(OC)c1CNCCNC(C)=O. The van der Waals surface area contributed by atoms with Gasteiger partial charge in [-0.1, -0.05) is 42.5 Å². The number of nitrogens with zero attached hydrogens (tertiary/aromatic N) is 2. The highest BCUT2D eigenvalue weighted by Crippen LogP contribution is 2.38. The van der Waals surface area contributed by atoms with Gasteiger partial charge in [-0.15, -0.1) is 0 Å². The quantitative estimate of drug-likeness (QED) is 0.332. The molecular weight excluding hydrogens is 444 g/mol. The fraction of sp³-hybridized carbons (Fsp3) is 0.222. The average molecular weight is 473 g/mol. The highest BCUT2D eigenvalue weighted by atomic mass is 16.5. The van der Waals surface area contributed by atoms with Crippen LogP contribution >= 0.6 is 0 Å². The number of nitrogens with one attached hydrogen (secondary N) is 2. The normalized spacial score (nSPS) is 10.7. The number of carbonyl (C=O) groups is 1. The van der Waals surface area contributed by atoms with Crippen LogP contribution in [0.4, 0.5) is 0 Å². The van der Waals surface area contributed by atoms with Gasteiger partial charge < -0.3 is 24.8 Å². The molecule has 0 fully saturated rings. The van der Waals surface area contributed by atoms with Crippen molar-refractivity contribution < 1.29 is 19.0 Å². The Morgan fingerprint density at radius 3 is 2.34 bits per heavy atom. The Kier molecular flexibility index (Phi) is 7.74. The number of fused-ring (bicyclic) bond motifs is 1. The minimum atomic E-state index is -0.0587. The van der Waals surface area contributed by atoms with Gasteiger partial charge in [-0.25, -0.2) is 9.97 Å². The number of carbonyl (C=O) groups excluding carboxylic acids is 1. The van der Waals surface area contributed by atoms with Crippen LogP contribution in [0, 0.1) is 0 Å². The number of para-hydroxylation sites is 1. The average Bonchev–Trinajstić information content (AvgIpc) is 2.89. The molecule has 0 spiro atoms. The second kappa shape index (κ2) is 11.3. The van der Waals surface area contributed by atoms with E-state index in [2.05, 4.69) is 32.7 Å². The van der Waals surface area contributed by atoms with Crippen molar-refractivity contribution in [3.05, 3.63) is 72.6 Å². The number of benzene rings is 3. The van der Waals surface area contributed by atoms with Crippen LogP contribution in [-0.2, 0) is 11.3 Å². The van der Waals surface area contributed by atoms with Crippen molar-refractivity contribution >= 4 is 16.8 Å². The Balaban J connectivity index is 1.61. The van der Waals surface area contributed by atoms with E-state index in [-0.39, 0.29) is 5.91 Å². The lowest BCUT2D eigenvalue weighted by Crippen LogP contribution is -2.30. The predicted molar refractivity (Wildman–Crippen MR) is 135 cm³/mol. The molecule has 0 aliphatic heterocycles. The molecule has 0 bridgehead atoms. The van der Waals surface area contributed by atoms with Gasteiger partial charge in [0.1, 0.15) is 23.6 Å². The van der Waals surface area contributed by atoms with Gasteiger partial charge in [0.15, 0.2) is 0 Å². The molecule has 0 aliphatic rings. The fourth-order valence-corrected chi connectivity index (χ4v) is 3.84. The third-order valence-electron chi connectivity index (χ3n) is 5.49. The molecule has 1 heterocycles. The molecule has 1 aromatic heterocycles. The molecular formula is C27H28N4O4. The summed E-state index contributed by atoms with van der Waals surface area (Å²) >= 11 is 0. The lowest BCUT2D eigenvalue weighted by molar-refractivity contribution is -0.118. The maximum absolute atomic E-state index is 11.0. The topological polar surface area (TPSA) is 94.6 Å². The van der Waals surface area contributed by atoms with Crippen LogP contribution in [0.25, 0.3) is 22.0 Å². The summed E-state index contributed by atoms with van der Waals surface area (Å²) in [5.74, 6) is 2.16. The zero-order valence-electron chi connectivity index (χ0n) is 20.0. The van der Waals surface area contributed by atoms with Crippen LogP contribution < -0.4 is 24.8 Å². The molecule has 8 heteroatoms. The maximum atomic E-state index is 11.0. The van der Waals surface area contributed by atoms with Gasteiger partial charge in [0, 0.05) is 44.3 Å². The molecule has 0 saturated carbocycles. The first-order valence-electron chi connectivity index (χ1n) is 11.3. The van der Waals surface area contributed by atoms with E-state index in [1.807, 2.05) is 48.5 Å². The van der Waals surface area contributed by atoms with Crippen LogP contribution in [0.5, 0.6) is 23.1 Å². The van der Waals surface area contributed by atoms with E-state index in [4.69, 9.17) is 14.2 Å². The smallest absolute Gasteiger partial charge is 0.230 e. The molecule has 0 atom stereocenters. The Bertz CT molecular complexity index is 1290. The van der Waals surface area contributed by atoms with E-state index < -0.39 is 0 Å². The van der Waals surface area contributed by atoms with E-state index in [0.29, 0.717) is 42.8 Å². The van der Waals surface area contributed by atoms with Crippen LogP contribution in [0.3, 0.4) is 0 Å². The molecule has 180 valence electrons. The monoisotopic (exact) mass is 472 g/mol. The summed E-state index contributed by atoms with van der Waals surface area (Å²) in [5.41, 5.74) is 3.74. The minimum Gasteiger partial charge on any atom is -0.496 e. The molecule has 0 saturated heterocycles. The molecule has 35 heavy (non-hydrogen) atoms. The number of hydrogen-bond donors (Lipinski definition) is 2. The van der Waals surface area contributed by atoms with Crippen molar-refractivity contribution in [1.82, 2.24) is 20.6 Å². The summed E-state index contributed by atoms with van der Waals surface area (Å²) in [6.07, 6.45) is 1.51. The van der Waals surface area contributed by atoms with Gasteiger partial charge in [-0.3, -0.25) is 4.79 Å². The second-order valence-corrected chi connectivity index (χ2v) is 7.81. The lowest BCUT2D eigenvalue weighted by Gasteiger charge is -2.17. The van der Waals surface area contributed by atoms with Crippen LogP contribution in [-0.4, -0.2) is 43.2 Å². The van der Waals surface area contributed by atoms with Crippen LogP contribution in [0.1, 0.15) is 12.5 Å². The number of hydrogen-bond acceptors (Lipinski definition) is 7. The minimum absolute atomic E-state index is 0.0587. The zero-order chi connectivity index (χ0) is 24.6. The fourth-order valence-electron chi connectivity index (χ4n) is 3.84. The van der Waals surface area contributed by atoms with E-state index >= 15 is 0 Å². The Morgan fingerprint density at radius 2 is 1.66 bits per heavy atom. The first kappa shape index (κ1) is 24.0. The Labute approximate surface area is 204 Å². The molecule has 2 N–H and O–H groups in total. The third-order valence-corrected chi connectivity index (χ3v) is 5.49. The summed E-state index contributed by atoms with van der Waals surface area (Å²) < 4.78 is 17.5. The number of aromatic nitrogens is 2. The summed E-state index contributed by atoms with van der Waals surface area (Å²) in [7, 11) is 3.21. The van der Waals surface area contributed by atoms with Gasteiger partial charge in [0.25, 0.3) is 0 Å². The van der Waals surface area contributed by atoms with Crippen molar-refractivity contribution in [2.24, 2.45) is 0 Å².